The molecule has 1 aromatic rings. The zero-order valence-corrected chi connectivity index (χ0v) is 26.6. The fraction of sp³-hybridized carbons (Fsp3) is 0.778. The highest BCUT2D eigenvalue weighted by Crippen LogP contribution is 2.68. The Hall–Kier alpha value is -1.48. The van der Waals surface area contributed by atoms with Crippen molar-refractivity contribution in [1.29, 1.82) is 0 Å². The van der Waals surface area contributed by atoms with E-state index in [1.807, 2.05) is 0 Å². The molecule has 0 aromatic heterocycles. The Bertz CT molecular complexity index is 1190. The third-order valence-corrected chi connectivity index (χ3v) is 12.5. The third-order valence-electron chi connectivity index (χ3n) is 12.5. The van der Waals surface area contributed by atoms with Crippen LogP contribution in [0.3, 0.4) is 0 Å². The minimum Gasteiger partial charge on any atom is -0.389 e. The van der Waals surface area contributed by atoms with Crippen molar-refractivity contribution in [2.24, 2.45) is 17.3 Å². The molecule has 3 saturated carbocycles. The summed E-state index contributed by atoms with van der Waals surface area (Å²) in [6.07, 6.45) is 11.5. The van der Waals surface area contributed by atoms with Crippen LogP contribution in [0.2, 0.25) is 0 Å². The van der Waals surface area contributed by atoms with Gasteiger partial charge in [0, 0.05) is 57.2 Å². The van der Waals surface area contributed by atoms with Gasteiger partial charge < -0.3 is 34.1 Å². The van der Waals surface area contributed by atoms with Gasteiger partial charge in [-0.15, -0.1) is 0 Å². The summed E-state index contributed by atoms with van der Waals surface area (Å²) in [7, 11) is 4.16. The number of hydrogen-bond acceptors (Lipinski definition) is 7. The summed E-state index contributed by atoms with van der Waals surface area (Å²) in [5.74, 6) is 0.350. The first-order chi connectivity index (χ1) is 20.7. The van der Waals surface area contributed by atoms with Gasteiger partial charge in [-0.2, -0.15) is 0 Å². The van der Waals surface area contributed by atoms with Crippen molar-refractivity contribution in [3.63, 3.8) is 0 Å². The van der Waals surface area contributed by atoms with E-state index in [-0.39, 0.29) is 17.6 Å². The minimum absolute atomic E-state index is 0.0793. The lowest BCUT2D eigenvalue weighted by atomic mass is 9.49. The van der Waals surface area contributed by atoms with Crippen molar-refractivity contribution in [2.75, 3.05) is 45.4 Å². The first-order valence-electron chi connectivity index (χ1n) is 17.1. The van der Waals surface area contributed by atoms with Crippen LogP contribution in [0.4, 0.5) is 5.69 Å². The third kappa shape index (κ3) is 5.20. The molecular weight excluding hydrogens is 542 g/mol. The molecule has 7 nitrogen and oxygen atoms in total. The van der Waals surface area contributed by atoms with Gasteiger partial charge in [0.05, 0.1) is 24.4 Å². The highest BCUT2D eigenvalue weighted by atomic mass is 16.7. The second-order valence-corrected chi connectivity index (χ2v) is 15.0. The van der Waals surface area contributed by atoms with Crippen molar-refractivity contribution in [2.45, 2.75) is 120 Å². The molecule has 5 fully saturated rings. The van der Waals surface area contributed by atoms with Gasteiger partial charge in [-0.3, -0.25) is 0 Å². The van der Waals surface area contributed by atoms with Gasteiger partial charge >= 0.3 is 0 Å². The summed E-state index contributed by atoms with van der Waals surface area (Å²) in [6.45, 7) is 5.04. The molecule has 0 radical (unpaired) electrons. The topological polar surface area (TPSA) is 80.6 Å². The van der Waals surface area contributed by atoms with Crippen LogP contribution in [-0.2, 0) is 18.9 Å². The molecule has 7 atom stereocenters. The van der Waals surface area contributed by atoms with E-state index < -0.39 is 17.0 Å². The Balaban J connectivity index is 1.19. The van der Waals surface area contributed by atoms with Crippen molar-refractivity contribution in [3.8, 4) is 0 Å². The average Bonchev–Trinajstić information content (AvgIpc) is 3.56. The number of aliphatic hydroxyl groups is 2. The van der Waals surface area contributed by atoms with E-state index in [1.54, 1.807) is 0 Å². The maximum absolute atomic E-state index is 12.5. The van der Waals surface area contributed by atoms with Gasteiger partial charge in [0.2, 0.25) is 0 Å². The molecule has 4 unspecified atom stereocenters. The Morgan fingerprint density at radius 1 is 0.953 bits per heavy atom. The standard InChI is InChI=1S/C36H53NO6/c1-33-23-28(25-8-10-26(11-9-25)37(2)3)32-27(12-16-34(38)24-36(18-14-30(32)34)42-21-22-43-36)29(33)13-17-35(33,39)15-6-20-41-31-7-4-5-19-40-31/h8-11,27-29,31,38-39H,4-7,12-24H2,1-3H3/t27?,28?,29?,31?,33-,34-,35-/m1/s1. The van der Waals surface area contributed by atoms with E-state index in [1.165, 1.54) is 28.8 Å². The van der Waals surface area contributed by atoms with Crippen LogP contribution in [0.1, 0.15) is 102 Å². The molecule has 43 heavy (non-hydrogen) atoms. The molecule has 2 heterocycles. The molecule has 1 spiro atoms. The van der Waals surface area contributed by atoms with Crippen LogP contribution in [0, 0.1) is 17.3 Å². The van der Waals surface area contributed by atoms with Crippen molar-refractivity contribution < 1.29 is 29.2 Å². The van der Waals surface area contributed by atoms with Gasteiger partial charge in [0.1, 0.15) is 0 Å². The highest BCUT2D eigenvalue weighted by molar-refractivity contribution is 5.50. The van der Waals surface area contributed by atoms with Crippen LogP contribution in [-0.4, -0.2) is 74.0 Å². The largest absolute Gasteiger partial charge is 0.389 e. The summed E-state index contributed by atoms with van der Waals surface area (Å²) >= 11 is 0. The number of benzene rings is 1. The lowest BCUT2D eigenvalue weighted by Crippen LogP contribution is -2.55. The smallest absolute Gasteiger partial charge is 0.171 e. The number of fused-ring (bicyclic) bond motifs is 4. The number of allylic oxidation sites excluding steroid dienone is 1. The summed E-state index contributed by atoms with van der Waals surface area (Å²) in [5, 5.41) is 24.8. The van der Waals surface area contributed by atoms with E-state index in [0.29, 0.717) is 38.1 Å². The first-order valence-corrected chi connectivity index (χ1v) is 17.1. The van der Waals surface area contributed by atoms with E-state index in [4.69, 9.17) is 18.9 Å². The molecule has 1 aromatic carbocycles. The quantitative estimate of drug-likeness (QED) is 0.292. The molecule has 7 heteroatoms. The van der Waals surface area contributed by atoms with Crippen molar-refractivity contribution in [1.82, 2.24) is 0 Å². The summed E-state index contributed by atoms with van der Waals surface area (Å²) in [4.78, 5) is 2.14. The summed E-state index contributed by atoms with van der Waals surface area (Å²) < 4.78 is 24.1. The van der Waals surface area contributed by atoms with Gasteiger partial charge in [0.25, 0.3) is 0 Å². The molecule has 2 saturated heterocycles. The number of rotatable bonds is 7. The zero-order valence-electron chi connectivity index (χ0n) is 26.6. The molecule has 238 valence electrons. The maximum Gasteiger partial charge on any atom is 0.171 e. The van der Waals surface area contributed by atoms with Crippen LogP contribution >= 0.6 is 0 Å². The van der Waals surface area contributed by atoms with E-state index in [0.717, 1.165) is 77.2 Å². The normalized spacial score (nSPS) is 40.3. The second-order valence-electron chi connectivity index (χ2n) is 15.0. The van der Waals surface area contributed by atoms with Crippen LogP contribution in [0.15, 0.2) is 35.4 Å². The van der Waals surface area contributed by atoms with Gasteiger partial charge in [0.15, 0.2) is 12.1 Å². The molecule has 2 N–H and O–H groups in total. The Kier molecular flexibility index (Phi) is 8.00. The summed E-state index contributed by atoms with van der Waals surface area (Å²) in [6, 6.07) is 9.03. The van der Waals surface area contributed by atoms with Crippen molar-refractivity contribution in [3.05, 3.63) is 41.0 Å². The SMILES string of the molecule is CN(C)c1ccc(C2C[C@]3(C)C(CC[C@]3(O)CCCOC3CCCCO3)C3CC[C@@]4(O)CC5(CCC4=C23)OCCO5)cc1. The summed E-state index contributed by atoms with van der Waals surface area (Å²) in [5.41, 5.74) is 3.43. The lowest BCUT2D eigenvalue weighted by Gasteiger charge is -2.57. The van der Waals surface area contributed by atoms with Crippen LogP contribution < -0.4 is 4.90 Å². The molecule has 2 aliphatic heterocycles. The Morgan fingerprint density at radius 2 is 1.74 bits per heavy atom. The number of anilines is 1. The zero-order chi connectivity index (χ0) is 29.9. The first kappa shape index (κ1) is 30.2. The predicted molar refractivity (Wildman–Crippen MR) is 166 cm³/mol. The number of nitrogens with zero attached hydrogens (tertiary/aromatic N) is 1. The number of ether oxygens (including phenoxy) is 4. The lowest BCUT2D eigenvalue weighted by molar-refractivity contribution is -0.208. The van der Waals surface area contributed by atoms with Crippen LogP contribution in [0.25, 0.3) is 0 Å². The number of hydrogen-bond donors (Lipinski definition) is 2. The molecule has 0 bridgehead atoms. The second kappa shape index (κ2) is 11.4. The van der Waals surface area contributed by atoms with Crippen molar-refractivity contribution >= 4 is 5.69 Å². The average molecular weight is 596 g/mol. The van der Waals surface area contributed by atoms with Crippen LogP contribution in [0.5, 0.6) is 0 Å². The van der Waals surface area contributed by atoms with Gasteiger partial charge in [-0.05, 0) is 106 Å². The fourth-order valence-electron chi connectivity index (χ4n) is 10.2. The molecule has 0 amide bonds. The molecule has 7 rings (SSSR count). The molecular formula is C36H53NO6. The van der Waals surface area contributed by atoms with Gasteiger partial charge in [-0.25, -0.2) is 0 Å². The van der Waals surface area contributed by atoms with E-state index >= 15 is 0 Å². The van der Waals surface area contributed by atoms with E-state index in [2.05, 4.69) is 50.2 Å². The Morgan fingerprint density at radius 3 is 2.47 bits per heavy atom. The predicted octanol–water partition coefficient (Wildman–Crippen LogP) is 6.08. The fourth-order valence-corrected chi connectivity index (χ4v) is 10.2. The maximum atomic E-state index is 12.5. The molecule has 4 aliphatic carbocycles. The highest BCUT2D eigenvalue weighted by Gasteiger charge is 2.64. The van der Waals surface area contributed by atoms with Gasteiger partial charge in [-0.1, -0.05) is 24.6 Å². The molecule has 6 aliphatic rings. The minimum atomic E-state index is -0.878. The Labute approximate surface area is 257 Å². The van der Waals surface area contributed by atoms with E-state index in [9.17, 15) is 10.2 Å². The monoisotopic (exact) mass is 595 g/mol.